The van der Waals surface area contributed by atoms with E-state index in [2.05, 4.69) is 43.2 Å². The third-order valence-electron chi connectivity index (χ3n) is 4.15. The molecule has 0 aromatic heterocycles. The summed E-state index contributed by atoms with van der Waals surface area (Å²) in [6.07, 6.45) is 0. The van der Waals surface area contributed by atoms with Gasteiger partial charge in [-0.25, -0.2) is 0 Å². The maximum Gasteiger partial charge on any atom is 0.173 e. The summed E-state index contributed by atoms with van der Waals surface area (Å²) in [5.74, 6) is 0. The molecular weight excluding hydrogens is 441 g/mol. The standard InChI is InChI=1S/C18H18BrCl2N3S/c19-14-3-6-17(16(21)11-14)22-18(25)24-9-7-23(8-10-24)12-13-1-4-15(20)5-2-13/h1-6,11H,7-10,12H2,(H,22,25). The number of piperazine rings is 1. The highest BCUT2D eigenvalue weighted by molar-refractivity contribution is 9.10. The quantitative estimate of drug-likeness (QED) is 0.631. The monoisotopic (exact) mass is 457 g/mol. The van der Waals surface area contributed by atoms with Crippen LogP contribution in [0.15, 0.2) is 46.9 Å². The van der Waals surface area contributed by atoms with Crippen LogP contribution < -0.4 is 5.32 Å². The van der Waals surface area contributed by atoms with Gasteiger partial charge in [-0.15, -0.1) is 0 Å². The Labute approximate surface area is 172 Å². The first-order chi connectivity index (χ1) is 12.0. The molecule has 3 nitrogen and oxygen atoms in total. The van der Waals surface area contributed by atoms with Crippen molar-refractivity contribution >= 4 is 62.1 Å². The molecule has 0 spiro atoms. The van der Waals surface area contributed by atoms with E-state index in [0.29, 0.717) is 5.02 Å². The second kappa shape index (κ2) is 8.69. The molecule has 0 atom stereocenters. The van der Waals surface area contributed by atoms with Crippen molar-refractivity contribution in [2.24, 2.45) is 0 Å². The second-order valence-corrected chi connectivity index (χ2v) is 8.09. The Kier molecular flexibility index (Phi) is 6.58. The highest BCUT2D eigenvalue weighted by Gasteiger charge is 2.19. The molecule has 0 bridgehead atoms. The van der Waals surface area contributed by atoms with Crippen LogP contribution in [0, 0.1) is 0 Å². The normalized spacial score (nSPS) is 15.2. The molecule has 25 heavy (non-hydrogen) atoms. The summed E-state index contributed by atoms with van der Waals surface area (Å²) in [5.41, 5.74) is 2.11. The van der Waals surface area contributed by atoms with Gasteiger partial charge in [-0.3, -0.25) is 4.90 Å². The summed E-state index contributed by atoms with van der Waals surface area (Å²) >= 11 is 21.1. The number of halogens is 3. The molecule has 1 heterocycles. The average molecular weight is 459 g/mol. The first kappa shape index (κ1) is 18.9. The SMILES string of the molecule is S=C(Nc1ccc(Br)cc1Cl)N1CCN(Cc2ccc(Cl)cc2)CC1. The molecule has 3 rings (SSSR count). The van der Waals surface area contributed by atoms with Gasteiger partial charge >= 0.3 is 0 Å². The van der Waals surface area contributed by atoms with E-state index in [-0.39, 0.29) is 0 Å². The zero-order valence-corrected chi connectivity index (χ0v) is 17.4. The number of benzene rings is 2. The second-order valence-electron chi connectivity index (χ2n) is 5.94. The molecule has 132 valence electrons. The number of nitrogens with one attached hydrogen (secondary N) is 1. The Morgan fingerprint density at radius 2 is 1.72 bits per heavy atom. The summed E-state index contributed by atoms with van der Waals surface area (Å²) in [6.45, 7) is 4.67. The molecule has 2 aromatic rings. The molecule has 1 aliphatic rings. The highest BCUT2D eigenvalue weighted by Crippen LogP contribution is 2.26. The van der Waals surface area contributed by atoms with Crippen molar-refractivity contribution in [3.63, 3.8) is 0 Å². The number of rotatable bonds is 3. The lowest BCUT2D eigenvalue weighted by Crippen LogP contribution is -2.49. The van der Waals surface area contributed by atoms with Crippen LogP contribution in [0.5, 0.6) is 0 Å². The first-order valence-corrected chi connectivity index (χ1v) is 9.95. The summed E-state index contributed by atoms with van der Waals surface area (Å²) < 4.78 is 0.949. The Morgan fingerprint density at radius 1 is 1.04 bits per heavy atom. The largest absolute Gasteiger partial charge is 0.346 e. The maximum absolute atomic E-state index is 6.25. The van der Waals surface area contributed by atoms with E-state index in [0.717, 1.165) is 53.0 Å². The van der Waals surface area contributed by atoms with Gasteiger partial charge in [0, 0.05) is 42.2 Å². The Bertz CT molecular complexity index is 746. The van der Waals surface area contributed by atoms with Crippen LogP contribution in [0.25, 0.3) is 0 Å². The van der Waals surface area contributed by atoms with Gasteiger partial charge < -0.3 is 10.2 Å². The molecule has 1 saturated heterocycles. The van der Waals surface area contributed by atoms with Crippen molar-refractivity contribution < 1.29 is 0 Å². The number of hydrogen-bond acceptors (Lipinski definition) is 2. The smallest absolute Gasteiger partial charge is 0.173 e. The van der Waals surface area contributed by atoms with Crippen molar-refractivity contribution in [2.45, 2.75) is 6.54 Å². The first-order valence-electron chi connectivity index (χ1n) is 7.99. The van der Waals surface area contributed by atoms with Crippen molar-refractivity contribution in [1.29, 1.82) is 0 Å². The Hall–Kier alpha value is -0.850. The van der Waals surface area contributed by atoms with Crippen LogP contribution in [-0.4, -0.2) is 41.1 Å². The van der Waals surface area contributed by atoms with E-state index in [1.54, 1.807) is 0 Å². The van der Waals surface area contributed by atoms with Crippen LogP contribution in [-0.2, 0) is 6.54 Å². The molecule has 0 aliphatic carbocycles. The molecular formula is C18H18BrCl2N3S. The maximum atomic E-state index is 6.25. The predicted octanol–water partition coefficient (Wildman–Crippen LogP) is 5.27. The van der Waals surface area contributed by atoms with Gasteiger partial charge in [0.2, 0.25) is 0 Å². The van der Waals surface area contributed by atoms with E-state index in [9.17, 15) is 0 Å². The number of anilines is 1. The van der Waals surface area contributed by atoms with Crippen LogP contribution >= 0.6 is 51.3 Å². The average Bonchev–Trinajstić information content (AvgIpc) is 2.60. The summed E-state index contributed by atoms with van der Waals surface area (Å²) in [6, 6.07) is 13.8. The van der Waals surface area contributed by atoms with Gasteiger partial charge in [0.15, 0.2) is 5.11 Å². The van der Waals surface area contributed by atoms with Crippen LogP contribution in [0.3, 0.4) is 0 Å². The van der Waals surface area contributed by atoms with Gasteiger partial charge in [0.25, 0.3) is 0 Å². The molecule has 1 fully saturated rings. The summed E-state index contributed by atoms with van der Waals surface area (Å²) in [5, 5.41) is 5.39. The third-order valence-corrected chi connectivity index (χ3v) is 5.57. The molecule has 0 radical (unpaired) electrons. The molecule has 2 aromatic carbocycles. The molecule has 0 saturated carbocycles. The van der Waals surface area contributed by atoms with Gasteiger partial charge in [0.05, 0.1) is 10.7 Å². The lowest BCUT2D eigenvalue weighted by atomic mass is 10.2. The van der Waals surface area contributed by atoms with Crippen molar-refractivity contribution in [3.8, 4) is 0 Å². The third kappa shape index (κ3) is 5.31. The van der Waals surface area contributed by atoms with Gasteiger partial charge in [-0.1, -0.05) is 51.3 Å². The van der Waals surface area contributed by atoms with E-state index in [1.807, 2.05) is 30.3 Å². The minimum absolute atomic E-state index is 0.651. The Balaban J connectivity index is 1.51. The molecule has 0 amide bonds. The molecule has 0 unspecified atom stereocenters. The van der Waals surface area contributed by atoms with Crippen LogP contribution in [0.2, 0.25) is 10.0 Å². The van der Waals surface area contributed by atoms with E-state index in [4.69, 9.17) is 35.4 Å². The molecule has 7 heteroatoms. The fourth-order valence-electron chi connectivity index (χ4n) is 2.74. The van der Waals surface area contributed by atoms with Crippen molar-refractivity contribution in [3.05, 3.63) is 62.5 Å². The van der Waals surface area contributed by atoms with E-state index < -0.39 is 0 Å². The number of hydrogen-bond donors (Lipinski definition) is 1. The number of thiocarbonyl (C=S) groups is 1. The summed E-state index contributed by atoms with van der Waals surface area (Å²) in [7, 11) is 0. The van der Waals surface area contributed by atoms with Gasteiger partial charge in [-0.05, 0) is 48.1 Å². The van der Waals surface area contributed by atoms with Crippen molar-refractivity contribution in [1.82, 2.24) is 9.80 Å². The van der Waals surface area contributed by atoms with Crippen LogP contribution in [0.4, 0.5) is 5.69 Å². The Morgan fingerprint density at radius 3 is 2.36 bits per heavy atom. The lowest BCUT2D eigenvalue weighted by molar-refractivity contribution is 0.177. The highest BCUT2D eigenvalue weighted by atomic mass is 79.9. The predicted molar refractivity (Wildman–Crippen MR) is 114 cm³/mol. The number of nitrogens with zero attached hydrogens (tertiary/aromatic N) is 2. The molecule has 1 N–H and O–H groups in total. The fourth-order valence-corrected chi connectivity index (χ4v) is 3.88. The minimum Gasteiger partial charge on any atom is -0.346 e. The zero-order chi connectivity index (χ0) is 17.8. The zero-order valence-electron chi connectivity index (χ0n) is 13.5. The van der Waals surface area contributed by atoms with Crippen molar-refractivity contribution in [2.75, 3.05) is 31.5 Å². The van der Waals surface area contributed by atoms with E-state index in [1.165, 1.54) is 5.56 Å². The lowest BCUT2D eigenvalue weighted by Gasteiger charge is -2.36. The van der Waals surface area contributed by atoms with E-state index >= 15 is 0 Å². The van der Waals surface area contributed by atoms with Gasteiger partial charge in [0.1, 0.15) is 0 Å². The van der Waals surface area contributed by atoms with Crippen LogP contribution in [0.1, 0.15) is 5.56 Å². The topological polar surface area (TPSA) is 18.5 Å². The minimum atomic E-state index is 0.651. The summed E-state index contributed by atoms with van der Waals surface area (Å²) in [4.78, 5) is 4.61. The fraction of sp³-hybridized carbons (Fsp3) is 0.278. The molecule has 1 aliphatic heterocycles. The van der Waals surface area contributed by atoms with Gasteiger partial charge in [-0.2, -0.15) is 0 Å².